The molecule has 0 amide bonds. The minimum absolute atomic E-state index is 0.0292. The SMILES string of the molecule is CCOC(=O)C(=O)c1ccccc1C(F)F. The first-order chi connectivity index (χ1) is 7.57. The maximum Gasteiger partial charge on any atom is 0.379 e. The summed E-state index contributed by atoms with van der Waals surface area (Å²) in [6.45, 7) is 1.56. The van der Waals surface area contributed by atoms with E-state index in [-0.39, 0.29) is 12.2 Å². The Balaban J connectivity index is 3.03. The van der Waals surface area contributed by atoms with Crippen molar-refractivity contribution in [2.75, 3.05) is 6.61 Å². The van der Waals surface area contributed by atoms with E-state index in [9.17, 15) is 18.4 Å². The average Bonchev–Trinajstić information content (AvgIpc) is 2.28. The summed E-state index contributed by atoms with van der Waals surface area (Å²) in [6, 6.07) is 5.08. The number of esters is 1. The topological polar surface area (TPSA) is 43.4 Å². The minimum Gasteiger partial charge on any atom is -0.460 e. The molecule has 16 heavy (non-hydrogen) atoms. The van der Waals surface area contributed by atoms with Crippen molar-refractivity contribution >= 4 is 11.8 Å². The predicted molar refractivity (Wildman–Crippen MR) is 52.4 cm³/mol. The molecule has 0 saturated heterocycles. The van der Waals surface area contributed by atoms with Gasteiger partial charge in [0.1, 0.15) is 0 Å². The van der Waals surface area contributed by atoms with Gasteiger partial charge in [-0.05, 0) is 6.92 Å². The molecule has 0 aliphatic rings. The zero-order valence-electron chi connectivity index (χ0n) is 8.57. The molecule has 0 unspecified atom stereocenters. The van der Waals surface area contributed by atoms with Crippen molar-refractivity contribution < 1.29 is 23.1 Å². The highest BCUT2D eigenvalue weighted by Gasteiger charge is 2.23. The molecular formula is C11H10F2O3. The first kappa shape index (κ1) is 12.3. The van der Waals surface area contributed by atoms with Crippen LogP contribution < -0.4 is 0 Å². The van der Waals surface area contributed by atoms with Gasteiger partial charge < -0.3 is 4.74 Å². The van der Waals surface area contributed by atoms with Crippen molar-refractivity contribution in [1.29, 1.82) is 0 Å². The molecule has 0 N–H and O–H groups in total. The van der Waals surface area contributed by atoms with E-state index in [0.717, 1.165) is 6.07 Å². The van der Waals surface area contributed by atoms with Gasteiger partial charge in [-0.25, -0.2) is 13.6 Å². The van der Waals surface area contributed by atoms with E-state index in [0.29, 0.717) is 0 Å². The number of ether oxygens (including phenoxy) is 1. The van der Waals surface area contributed by atoms with Gasteiger partial charge in [0, 0.05) is 11.1 Å². The Morgan fingerprint density at radius 3 is 2.50 bits per heavy atom. The monoisotopic (exact) mass is 228 g/mol. The zero-order chi connectivity index (χ0) is 12.1. The van der Waals surface area contributed by atoms with Gasteiger partial charge in [-0.1, -0.05) is 24.3 Å². The van der Waals surface area contributed by atoms with Gasteiger partial charge in [0.15, 0.2) is 0 Å². The van der Waals surface area contributed by atoms with E-state index in [2.05, 4.69) is 4.74 Å². The highest BCUT2D eigenvalue weighted by molar-refractivity contribution is 6.41. The molecule has 86 valence electrons. The molecule has 0 spiro atoms. The average molecular weight is 228 g/mol. The molecule has 1 rings (SSSR count). The van der Waals surface area contributed by atoms with Crippen LogP contribution in [-0.2, 0) is 9.53 Å². The summed E-state index contributed by atoms with van der Waals surface area (Å²) >= 11 is 0. The fourth-order valence-corrected chi connectivity index (χ4v) is 1.20. The number of hydrogen-bond donors (Lipinski definition) is 0. The molecular weight excluding hydrogens is 218 g/mol. The van der Waals surface area contributed by atoms with Crippen LogP contribution in [0.2, 0.25) is 0 Å². The fraction of sp³-hybridized carbons (Fsp3) is 0.273. The van der Waals surface area contributed by atoms with Gasteiger partial charge in [0.25, 0.3) is 12.2 Å². The van der Waals surface area contributed by atoms with E-state index >= 15 is 0 Å². The van der Waals surface area contributed by atoms with E-state index in [1.54, 1.807) is 0 Å². The number of halogens is 2. The third kappa shape index (κ3) is 2.62. The van der Waals surface area contributed by atoms with Crippen molar-refractivity contribution in [1.82, 2.24) is 0 Å². The molecule has 0 radical (unpaired) electrons. The van der Waals surface area contributed by atoms with Crippen LogP contribution in [-0.4, -0.2) is 18.4 Å². The van der Waals surface area contributed by atoms with E-state index in [4.69, 9.17) is 0 Å². The summed E-state index contributed by atoms with van der Waals surface area (Å²) in [6.07, 6.45) is -2.80. The van der Waals surface area contributed by atoms with Gasteiger partial charge in [-0.2, -0.15) is 0 Å². The normalized spacial score (nSPS) is 10.2. The van der Waals surface area contributed by atoms with E-state index < -0.39 is 23.7 Å². The number of benzene rings is 1. The van der Waals surface area contributed by atoms with E-state index in [1.807, 2.05) is 0 Å². The maximum atomic E-state index is 12.5. The molecule has 0 saturated carbocycles. The highest BCUT2D eigenvalue weighted by atomic mass is 19.3. The van der Waals surface area contributed by atoms with Gasteiger partial charge in [0.05, 0.1) is 6.61 Å². The Hall–Kier alpha value is -1.78. The van der Waals surface area contributed by atoms with E-state index in [1.165, 1.54) is 25.1 Å². The number of alkyl halides is 2. The molecule has 1 aromatic rings. The van der Waals surface area contributed by atoms with Crippen molar-refractivity contribution in [3.05, 3.63) is 35.4 Å². The van der Waals surface area contributed by atoms with Crippen LogP contribution >= 0.6 is 0 Å². The molecule has 0 aliphatic carbocycles. The first-order valence-electron chi connectivity index (χ1n) is 4.66. The lowest BCUT2D eigenvalue weighted by atomic mass is 10.0. The number of carbonyl (C=O) groups excluding carboxylic acids is 2. The maximum absolute atomic E-state index is 12.5. The lowest BCUT2D eigenvalue weighted by Gasteiger charge is -2.06. The van der Waals surface area contributed by atoms with Gasteiger partial charge in [0.2, 0.25) is 0 Å². The smallest absolute Gasteiger partial charge is 0.379 e. The van der Waals surface area contributed by atoms with Crippen LogP contribution in [0.15, 0.2) is 24.3 Å². The van der Waals surface area contributed by atoms with Gasteiger partial charge in [-0.3, -0.25) is 4.79 Å². The number of Topliss-reactive ketones (excluding diaryl/α,β-unsaturated/α-hetero) is 1. The molecule has 0 aromatic heterocycles. The lowest BCUT2D eigenvalue weighted by Crippen LogP contribution is -2.19. The molecule has 0 fully saturated rings. The molecule has 0 bridgehead atoms. The Morgan fingerprint density at radius 2 is 1.94 bits per heavy atom. The van der Waals surface area contributed by atoms with Crippen LogP contribution in [0, 0.1) is 0 Å². The second-order valence-corrected chi connectivity index (χ2v) is 2.94. The van der Waals surface area contributed by atoms with Crippen molar-refractivity contribution in [3.8, 4) is 0 Å². The largest absolute Gasteiger partial charge is 0.460 e. The summed E-state index contributed by atoms with van der Waals surface area (Å²) in [5, 5.41) is 0. The quantitative estimate of drug-likeness (QED) is 0.451. The van der Waals surface area contributed by atoms with Gasteiger partial charge >= 0.3 is 5.97 Å². The molecule has 0 heterocycles. The van der Waals surface area contributed by atoms with Crippen LogP contribution in [0.1, 0.15) is 29.3 Å². The first-order valence-corrected chi connectivity index (χ1v) is 4.66. The molecule has 0 atom stereocenters. The summed E-state index contributed by atoms with van der Waals surface area (Å²) < 4.78 is 29.5. The second-order valence-electron chi connectivity index (χ2n) is 2.94. The number of hydrogen-bond acceptors (Lipinski definition) is 3. The zero-order valence-corrected chi connectivity index (χ0v) is 8.57. The molecule has 5 heteroatoms. The minimum atomic E-state index is -2.80. The molecule has 3 nitrogen and oxygen atoms in total. The Kier molecular flexibility index (Phi) is 4.10. The Bertz CT molecular complexity index is 402. The predicted octanol–water partition coefficient (Wildman–Crippen LogP) is 2.37. The highest BCUT2D eigenvalue weighted by Crippen LogP contribution is 2.23. The number of carbonyl (C=O) groups is 2. The summed E-state index contributed by atoms with van der Waals surface area (Å²) in [4.78, 5) is 22.6. The summed E-state index contributed by atoms with van der Waals surface area (Å²) in [7, 11) is 0. The Morgan fingerprint density at radius 1 is 1.31 bits per heavy atom. The third-order valence-corrected chi connectivity index (χ3v) is 1.90. The van der Waals surface area contributed by atoms with Gasteiger partial charge in [-0.15, -0.1) is 0 Å². The lowest BCUT2D eigenvalue weighted by molar-refractivity contribution is -0.137. The second kappa shape index (κ2) is 5.34. The van der Waals surface area contributed by atoms with Crippen LogP contribution in [0.3, 0.4) is 0 Å². The van der Waals surface area contributed by atoms with Crippen LogP contribution in [0.4, 0.5) is 8.78 Å². The van der Waals surface area contributed by atoms with Crippen molar-refractivity contribution in [3.63, 3.8) is 0 Å². The Labute approximate surface area is 91.0 Å². The fourth-order valence-electron chi connectivity index (χ4n) is 1.20. The third-order valence-electron chi connectivity index (χ3n) is 1.90. The van der Waals surface area contributed by atoms with Crippen molar-refractivity contribution in [2.45, 2.75) is 13.3 Å². The number of ketones is 1. The van der Waals surface area contributed by atoms with Crippen molar-refractivity contribution in [2.24, 2.45) is 0 Å². The van der Waals surface area contributed by atoms with Crippen LogP contribution in [0.25, 0.3) is 0 Å². The summed E-state index contributed by atoms with van der Waals surface area (Å²) in [5.74, 6) is -2.16. The van der Waals surface area contributed by atoms with Crippen LogP contribution in [0.5, 0.6) is 0 Å². The molecule has 0 aliphatic heterocycles. The molecule has 1 aromatic carbocycles. The standard InChI is InChI=1S/C11H10F2O3/c1-2-16-11(15)9(14)7-5-3-4-6-8(7)10(12)13/h3-6,10H,2H2,1H3. The summed E-state index contributed by atoms with van der Waals surface area (Å²) in [5.41, 5.74) is -0.767. The number of rotatable bonds is 4.